The van der Waals surface area contributed by atoms with Crippen LogP contribution < -0.4 is 5.73 Å². The van der Waals surface area contributed by atoms with Gasteiger partial charge in [0.25, 0.3) is 5.91 Å². The van der Waals surface area contributed by atoms with Crippen molar-refractivity contribution in [1.82, 2.24) is 9.88 Å². The Balaban J connectivity index is 0.00000112. The molecule has 1 unspecified atom stereocenters. The zero-order valence-electron chi connectivity index (χ0n) is 8.70. The molecule has 4 nitrogen and oxygen atoms in total. The minimum absolute atomic E-state index is 0. The average molecular weight is 264 g/mol. The number of likely N-dealkylation sites (tertiary alicyclic amines) is 1. The predicted octanol–water partition coefficient (Wildman–Crippen LogP) is 1.10. The van der Waals surface area contributed by atoms with E-state index in [9.17, 15) is 4.79 Å². The van der Waals surface area contributed by atoms with Crippen LogP contribution in [0.1, 0.15) is 16.8 Å². The maximum absolute atomic E-state index is 11.8. The molecule has 90 valence electrons. The Morgan fingerprint density at radius 2 is 2.00 bits per heavy atom. The highest BCUT2D eigenvalue weighted by Gasteiger charge is 2.24. The van der Waals surface area contributed by atoms with Crippen molar-refractivity contribution < 1.29 is 4.79 Å². The van der Waals surface area contributed by atoms with E-state index in [-0.39, 0.29) is 36.8 Å². The molecule has 0 radical (unpaired) electrons. The molecular weight excluding hydrogens is 249 g/mol. The molecule has 1 atom stereocenters. The van der Waals surface area contributed by atoms with Crippen molar-refractivity contribution in [3.8, 4) is 0 Å². The van der Waals surface area contributed by atoms with Crippen LogP contribution in [0, 0.1) is 0 Å². The summed E-state index contributed by atoms with van der Waals surface area (Å²) in [6.07, 6.45) is 4.16. The van der Waals surface area contributed by atoms with Gasteiger partial charge in [-0.2, -0.15) is 0 Å². The van der Waals surface area contributed by atoms with Crippen LogP contribution in [0.2, 0.25) is 0 Å². The van der Waals surface area contributed by atoms with Gasteiger partial charge in [0, 0.05) is 37.1 Å². The van der Waals surface area contributed by atoms with Crippen LogP contribution >= 0.6 is 24.8 Å². The standard InChI is InChI=1S/C10H13N3O.2ClH/c11-9-3-6-13(7-9)10(14)8-1-4-12-5-2-8;;/h1-2,4-5,9H,3,6-7,11H2;2*1H. The summed E-state index contributed by atoms with van der Waals surface area (Å²) in [4.78, 5) is 17.5. The fraction of sp³-hybridized carbons (Fsp3) is 0.400. The molecule has 1 aliphatic rings. The highest BCUT2D eigenvalue weighted by molar-refractivity contribution is 5.94. The minimum Gasteiger partial charge on any atom is -0.337 e. The summed E-state index contributed by atoms with van der Waals surface area (Å²) in [6, 6.07) is 3.60. The van der Waals surface area contributed by atoms with Gasteiger partial charge < -0.3 is 10.6 Å². The van der Waals surface area contributed by atoms with E-state index >= 15 is 0 Å². The summed E-state index contributed by atoms with van der Waals surface area (Å²) < 4.78 is 0. The number of halogens is 2. The summed E-state index contributed by atoms with van der Waals surface area (Å²) in [5.74, 6) is 0.0559. The second-order valence-corrected chi connectivity index (χ2v) is 3.54. The normalized spacial score (nSPS) is 18.6. The maximum atomic E-state index is 11.8. The summed E-state index contributed by atoms with van der Waals surface area (Å²) in [5.41, 5.74) is 6.42. The third-order valence-corrected chi connectivity index (χ3v) is 2.44. The lowest BCUT2D eigenvalue weighted by molar-refractivity contribution is 0.0791. The first-order valence-electron chi connectivity index (χ1n) is 4.72. The van der Waals surface area contributed by atoms with Crippen molar-refractivity contribution in [2.24, 2.45) is 5.73 Å². The zero-order valence-corrected chi connectivity index (χ0v) is 10.3. The summed E-state index contributed by atoms with van der Waals surface area (Å²) in [7, 11) is 0. The van der Waals surface area contributed by atoms with Gasteiger partial charge in [0.2, 0.25) is 0 Å². The number of hydrogen-bond donors (Lipinski definition) is 1. The van der Waals surface area contributed by atoms with Gasteiger partial charge in [-0.15, -0.1) is 24.8 Å². The van der Waals surface area contributed by atoms with Crippen molar-refractivity contribution in [3.05, 3.63) is 30.1 Å². The van der Waals surface area contributed by atoms with E-state index in [0.717, 1.165) is 13.0 Å². The quantitative estimate of drug-likeness (QED) is 0.826. The molecule has 2 heterocycles. The first-order valence-corrected chi connectivity index (χ1v) is 4.72. The number of carbonyl (C=O) groups is 1. The molecule has 1 fully saturated rings. The van der Waals surface area contributed by atoms with Gasteiger partial charge in [0.15, 0.2) is 0 Å². The Hall–Kier alpha value is -0.840. The van der Waals surface area contributed by atoms with Gasteiger partial charge in [-0.25, -0.2) is 0 Å². The van der Waals surface area contributed by atoms with Gasteiger partial charge >= 0.3 is 0 Å². The van der Waals surface area contributed by atoms with Gasteiger partial charge in [0.05, 0.1) is 0 Å². The molecule has 2 N–H and O–H groups in total. The van der Waals surface area contributed by atoms with E-state index in [2.05, 4.69) is 4.98 Å². The molecule has 0 saturated carbocycles. The fourth-order valence-electron chi connectivity index (χ4n) is 1.65. The third-order valence-electron chi connectivity index (χ3n) is 2.44. The SMILES string of the molecule is Cl.Cl.NC1CCN(C(=O)c2ccncc2)C1. The molecule has 0 aromatic carbocycles. The van der Waals surface area contributed by atoms with E-state index in [0.29, 0.717) is 12.1 Å². The maximum Gasteiger partial charge on any atom is 0.254 e. The van der Waals surface area contributed by atoms with E-state index in [1.807, 2.05) is 0 Å². The molecule has 1 aromatic heterocycles. The van der Waals surface area contributed by atoms with Crippen molar-refractivity contribution in [1.29, 1.82) is 0 Å². The molecule has 1 aromatic rings. The van der Waals surface area contributed by atoms with Crippen molar-refractivity contribution in [2.75, 3.05) is 13.1 Å². The van der Waals surface area contributed by atoms with Crippen LogP contribution in [-0.4, -0.2) is 34.9 Å². The Morgan fingerprint density at radius 3 is 2.50 bits per heavy atom. The van der Waals surface area contributed by atoms with Crippen LogP contribution in [0.25, 0.3) is 0 Å². The Labute approximate surface area is 107 Å². The minimum atomic E-state index is 0. The van der Waals surface area contributed by atoms with Gasteiger partial charge in [-0.3, -0.25) is 9.78 Å². The van der Waals surface area contributed by atoms with Crippen LogP contribution in [0.3, 0.4) is 0 Å². The van der Waals surface area contributed by atoms with Crippen LogP contribution in [0.4, 0.5) is 0 Å². The van der Waals surface area contributed by atoms with E-state index in [1.165, 1.54) is 0 Å². The Kier molecular flexibility index (Phi) is 6.33. The smallest absolute Gasteiger partial charge is 0.254 e. The lowest BCUT2D eigenvalue weighted by Gasteiger charge is -2.15. The first kappa shape index (κ1) is 15.2. The Bertz CT molecular complexity index is 334. The number of carbonyl (C=O) groups excluding carboxylic acids is 1. The van der Waals surface area contributed by atoms with Crippen molar-refractivity contribution in [3.63, 3.8) is 0 Å². The number of hydrogen-bond acceptors (Lipinski definition) is 3. The number of rotatable bonds is 1. The summed E-state index contributed by atoms with van der Waals surface area (Å²) in [5, 5.41) is 0. The number of nitrogens with two attached hydrogens (primary N) is 1. The van der Waals surface area contributed by atoms with E-state index < -0.39 is 0 Å². The Morgan fingerprint density at radius 1 is 1.38 bits per heavy atom. The second kappa shape index (κ2) is 6.68. The van der Waals surface area contributed by atoms with Gasteiger partial charge in [0.1, 0.15) is 0 Å². The molecule has 1 aliphatic heterocycles. The molecule has 16 heavy (non-hydrogen) atoms. The van der Waals surface area contributed by atoms with E-state index in [1.54, 1.807) is 29.4 Å². The molecule has 2 rings (SSSR count). The van der Waals surface area contributed by atoms with Crippen molar-refractivity contribution >= 4 is 30.7 Å². The van der Waals surface area contributed by atoms with Gasteiger partial charge in [-0.1, -0.05) is 0 Å². The first-order chi connectivity index (χ1) is 6.77. The topological polar surface area (TPSA) is 59.2 Å². The highest BCUT2D eigenvalue weighted by atomic mass is 35.5. The number of pyridine rings is 1. The largest absolute Gasteiger partial charge is 0.337 e. The predicted molar refractivity (Wildman–Crippen MR) is 67.2 cm³/mol. The number of nitrogens with zero attached hydrogens (tertiary/aromatic N) is 2. The third kappa shape index (κ3) is 3.33. The van der Waals surface area contributed by atoms with Crippen molar-refractivity contribution in [2.45, 2.75) is 12.5 Å². The monoisotopic (exact) mass is 263 g/mol. The molecule has 6 heteroatoms. The molecule has 1 amide bonds. The zero-order chi connectivity index (χ0) is 9.97. The average Bonchev–Trinajstić information content (AvgIpc) is 2.65. The second-order valence-electron chi connectivity index (χ2n) is 3.54. The van der Waals surface area contributed by atoms with Crippen LogP contribution in [0.5, 0.6) is 0 Å². The number of amides is 1. The summed E-state index contributed by atoms with van der Waals surface area (Å²) >= 11 is 0. The molecule has 0 aliphatic carbocycles. The molecule has 0 spiro atoms. The number of aromatic nitrogens is 1. The summed E-state index contributed by atoms with van der Waals surface area (Å²) in [6.45, 7) is 1.43. The molecule has 1 saturated heterocycles. The van der Waals surface area contributed by atoms with Crippen LogP contribution in [0.15, 0.2) is 24.5 Å². The van der Waals surface area contributed by atoms with Crippen LogP contribution in [-0.2, 0) is 0 Å². The lowest BCUT2D eigenvalue weighted by Crippen LogP contribution is -2.31. The highest BCUT2D eigenvalue weighted by Crippen LogP contribution is 2.11. The van der Waals surface area contributed by atoms with Gasteiger partial charge in [-0.05, 0) is 18.6 Å². The fourth-order valence-corrected chi connectivity index (χ4v) is 1.65. The molecular formula is C10H15Cl2N3O. The van der Waals surface area contributed by atoms with E-state index in [4.69, 9.17) is 5.73 Å². The molecule has 0 bridgehead atoms. The lowest BCUT2D eigenvalue weighted by atomic mass is 10.2.